The van der Waals surface area contributed by atoms with Crippen molar-refractivity contribution in [2.24, 2.45) is 0 Å². The molecule has 7 heteroatoms. The van der Waals surface area contributed by atoms with E-state index in [4.69, 9.17) is 9.15 Å². The van der Waals surface area contributed by atoms with Gasteiger partial charge in [0.15, 0.2) is 0 Å². The minimum atomic E-state index is -0.413. The van der Waals surface area contributed by atoms with Gasteiger partial charge in [0.1, 0.15) is 23.9 Å². The van der Waals surface area contributed by atoms with Crippen molar-refractivity contribution in [3.8, 4) is 0 Å². The van der Waals surface area contributed by atoms with Crippen molar-refractivity contribution in [1.29, 1.82) is 0 Å². The van der Waals surface area contributed by atoms with E-state index in [1.165, 1.54) is 29.2 Å². The monoisotopic (exact) mass is 478 g/mol. The van der Waals surface area contributed by atoms with Gasteiger partial charge in [-0.3, -0.25) is 9.59 Å². The minimum Gasteiger partial charge on any atom is -0.464 e. The number of carbonyl (C=O) groups is 2. The maximum atomic E-state index is 13.5. The number of amides is 2. The van der Waals surface area contributed by atoms with Gasteiger partial charge in [-0.25, -0.2) is 4.39 Å². The summed E-state index contributed by atoms with van der Waals surface area (Å²) in [5.41, 5.74) is 1.47. The van der Waals surface area contributed by atoms with E-state index in [9.17, 15) is 14.0 Å². The summed E-state index contributed by atoms with van der Waals surface area (Å²) >= 11 is 0. The molecule has 0 radical (unpaired) electrons. The van der Waals surface area contributed by atoms with Crippen LogP contribution in [0.3, 0.4) is 0 Å². The number of carbonyl (C=O) groups excluding carboxylic acids is 2. The van der Waals surface area contributed by atoms with Crippen LogP contribution >= 0.6 is 0 Å². The topological polar surface area (TPSA) is 63.0 Å². The molecular weight excluding hydrogens is 447 g/mol. The highest BCUT2D eigenvalue weighted by molar-refractivity contribution is 5.96. The third kappa shape index (κ3) is 7.02. The molecule has 1 saturated heterocycles. The molecule has 2 aromatic carbocycles. The molecule has 0 unspecified atom stereocenters. The molecule has 6 nitrogen and oxygen atoms in total. The Kier molecular flexibility index (Phi) is 8.32. The highest BCUT2D eigenvalue weighted by Gasteiger charge is 2.27. The first-order valence-corrected chi connectivity index (χ1v) is 12.0. The normalized spacial score (nSPS) is 15.2. The van der Waals surface area contributed by atoms with Crippen molar-refractivity contribution in [3.63, 3.8) is 0 Å². The van der Waals surface area contributed by atoms with Crippen LogP contribution in [0.1, 0.15) is 40.3 Å². The summed E-state index contributed by atoms with van der Waals surface area (Å²) in [6.45, 7) is 3.54. The quantitative estimate of drug-likeness (QED) is 0.427. The second-order valence-electron chi connectivity index (χ2n) is 8.89. The zero-order valence-electron chi connectivity index (χ0n) is 20.0. The van der Waals surface area contributed by atoms with E-state index in [1.807, 2.05) is 49.4 Å². The van der Waals surface area contributed by atoms with Crippen LogP contribution in [0.2, 0.25) is 0 Å². The number of nitrogens with zero attached hydrogens (tertiary/aromatic N) is 2. The average molecular weight is 479 g/mol. The predicted octanol–water partition coefficient (Wildman–Crippen LogP) is 4.62. The van der Waals surface area contributed by atoms with Crippen molar-refractivity contribution in [2.75, 3.05) is 26.2 Å². The SMILES string of the molecule is Cc1ccc(CN(CCc2ccccc2)C(=O)CN(C[C@H]2CCCO2)C(=O)c2ccc(F)cc2)o1. The van der Waals surface area contributed by atoms with Gasteiger partial charge in [-0.2, -0.15) is 0 Å². The van der Waals surface area contributed by atoms with Crippen LogP contribution in [-0.4, -0.2) is 54.0 Å². The van der Waals surface area contributed by atoms with Gasteiger partial charge in [-0.15, -0.1) is 0 Å². The molecule has 2 heterocycles. The molecule has 1 aliphatic rings. The number of rotatable bonds is 10. The van der Waals surface area contributed by atoms with Gasteiger partial charge in [0, 0.05) is 25.3 Å². The lowest BCUT2D eigenvalue weighted by Gasteiger charge is -2.29. The molecule has 0 spiro atoms. The van der Waals surface area contributed by atoms with E-state index in [0.717, 1.165) is 24.2 Å². The van der Waals surface area contributed by atoms with Crippen LogP contribution in [0.5, 0.6) is 0 Å². The van der Waals surface area contributed by atoms with E-state index < -0.39 is 5.82 Å². The lowest BCUT2D eigenvalue weighted by molar-refractivity contribution is -0.133. The maximum absolute atomic E-state index is 13.5. The molecule has 0 aliphatic carbocycles. The zero-order chi connectivity index (χ0) is 24.6. The van der Waals surface area contributed by atoms with Gasteiger partial charge in [-0.1, -0.05) is 30.3 Å². The van der Waals surface area contributed by atoms with Crippen molar-refractivity contribution >= 4 is 11.8 Å². The van der Waals surface area contributed by atoms with Crippen molar-refractivity contribution in [3.05, 3.63) is 95.2 Å². The lowest BCUT2D eigenvalue weighted by atomic mass is 10.1. The van der Waals surface area contributed by atoms with Gasteiger partial charge in [0.25, 0.3) is 5.91 Å². The summed E-state index contributed by atoms with van der Waals surface area (Å²) in [5.74, 6) is 0.569. The van der Waals surface area contributed by atoms with Crippen LogP contribution < -0.4 is 0 Å². The first-order valence-electron chi connectivity index (χ1n) is 12.0. The molecule has 1 fully saturated rings. The molecule has 1 aliphatic heterocycles. The molecule has 184 valence electrons. The Hall–Kier alpha value is -3.45. The van der Waals surface area contributed by atoms with E-state index in [1.54, 1.807) is 4.90 Å². The summed E-state index contributed by atoms with van der Waals surface area (Å²) < 4.78 is 24.9. The smallest absolute Gasteiger partial charge is 0.254 e. The highest BCUT2D eigenvalue weighted by atomic mass is 19.1. The number of ether oxygens (including phenoxy) is 1. The van der Waals surface area contributed by atoms with Crippen LogP contribution in [0.4, 0.5) is 4.39 Å². The van der Waals surface area contributed by atoms with Gasteiger partial charge >= 0.3 is 0 Å². The zero-order valence-corrected chi connectivity index (χ0v) is 20.0. The van der Waals surface area contributed by atoms with E-state index in [-0.39, 0.29) is 24.5 Å². The third-order valence-electron chi connectivity index (χ3n) is 6.16. The van der Waals surface area contributed by atoms with Crippen molar-refractivity contribution in [2.45, 2.75) is 38.8 Å². The highest BCUT2D eigenvalue weighted by Crippen LogP contribution is 2.17. The Morgan fingerprint density at radius 1 is 1.00 bits per heavy atom. The number of furan rings is 1. The van der Waals surface area contributed by atoms with E-state index in [2.05, 4.69) is 0 Å². The molecule has 4 rings (SSSR count). The third-order valence-corrected chi connectivity index (χ3v) is 6.16. The summed E-state index contributed by atoms with van der Waals surface area (Å²) in [6.07, 6.45) is 2.34. The predicted molar refractivity (Wildman–Crippen MR) is 130 cm³/mol. The Balaban J connectivity index is 1.51. The summed E-state index contributed by atoms with van der Waals surface area (Å²) in [6, 6.07) is 19.1. The molecule has 0 N–H and O–H groups in total. The molecule has 35 heavy (non-hydrogen) atoms. The van der Waals surface area contributed by atoms with Gasteiger partial charge in [0.2, 0.25) is 5.91 Å². The molecule has 1 atom stereocenters. The van der Waals surface area contributed by atoms with Gasteiger partial charge < -0.3 is 19.0 Å². The second kappa shape index (κ2) is 11.8. The summed E-state index contributed by atoms with van der Waals surface area (Å²) in [5, 5.41) is 0. The van der Waals surface area contributed by atoms with Crippen molar-refractivity contribution in [1.82, 2.24) is 9.80 Å². The largest absolute Gasteiger partial charge is 0.464 e. The van der Waals surface area contributed by atoms with E-state index >= 15 is 0 Å². The standard InChI is InChI=1S/C28H31FN2O4/c1-21-9-14-26(35-21)19-30(16-15-22-6-3-2-4-7-22)27(32)20-31(18-25-8-5-17-34-25)28(33)23-10-12-24(29)13-11-23/h2-4,6-7,9-14,25H,5,8,15-20H2,1H3/t25-/m1/s1. The Morgan fingerprint density at radius 3 is 2.43 bits per heavy atom. The molecule has 0 saturated carbocycles. The van der Waals surface area contributed by atoms with Crippen LogP contribution in [0.15, 0.2) is 71.1 Å². The fourth-order valence-electron chi connectivity index (χ4n) is 4.25. The van der Waals surface area contributed by atoms with Crippen LogP contribution in [0, 0.1) is 12.7 Å². The number of hydrogen-bond donors (Lipinski definition) is 0. The fraction of sp³-hybridized carbons (Fsp3) is 0.357. The Bertz CT molecular complexity index is 1110. The molecular formula is C28H31FN2O4. The second-order valence-corrected chi connectivity index (χ2v) is 8.89. The minimum absolute atomic E-state index is 0.0927. The van der Waals surface area contributed by atoms with Crippen LogP contribution in [-0.2, 0) is 22.5 Å². The summed E-state index contributed by atoms with van der Waals surface area (Å²) in [7, 11) is 0. The molecule has 0 bridgehead atoms. The van der Waals surface area contributed by atoms with Gasteiger partial charge in [-0.05, 0) is 68.1 Å². The lowest BCUT2D eigenvalue weighted by Crippen LogP contribution is -2.46. The number of hydrogen-bond acceptors (Lipinski definition) is 4. The first-order chi connectivity index (χ1) is 17.0. The molecule has 3 aromatic rings. The Morgan fingerprint density at radius 2 is 1.77 bits per heavy atom. The van der Waals surface area contributed by atoms with Crippen molar-refractivity contribution < 1.29 is 23.1 Å². The average Bonchev–Trinajstić information content (AvgIpc) is 3.53. The first kappa shape index (κ1) is 24.7. The number of aryl methyl sites for hydroxylation is 1. The van der Waals surface area contributed by atoms with Gasteiger partial charge in [0.05, 0.1) is 12.6 Å². The fourth-order valence-corrected chi connectivity index (χ4v) is 4.25. The number of halogens is 1. The van der Waals surface area contributed by atoms with E-state index in [0.29, 0.717) is 44.0 Å². The Labute approximate surface area is 205 Å². The molecule has 1 aromatic heterocycles. The maximum Gasteiger partial charge on any atom is 0.254 e. The van der Waals surface area contributed by atoms with Crippen LogP contribution in [0.25, 0.3) is 0 Å². The number of benzene rings is 2. The summed E-state index contributed by atoms with van der Waals surface area (Å²) in [4.78, 5) is 30.1. The molecule has 2 amide bonds.